The van der Waals surface area contributed by atoms with Crippen molar-refractivity contribution in [2.24, 2.45) is 0 Å². The molecule has 10 nitrogen and oxygen atoms in total. The smallest absolute Gasteiger partial charge is 0.343 e. The highest BCUT2D eigenvalue weighted by Crippen LogP contribution is 2.23. The number of esters is 4. The van der Waals surface area contributed by atoms with Gasteiger partial charge in [-0.2, -0.15) is 0 Å². The molecule has 0 aliphatic heterocycles. The van der Waals surface area contributed by atoms with Gasteiger partial charge in [0, 0.05) is 22.3 Å². The fraction of sp³-hybridized carbons (Fsp3) is 0.286. The van der Waals surface area contributed by atoms with Crippen molar-refractivity contribution in [3.8, 4) is 58.2 Å². The first-order chi connectivity index (χ1) is 39.2. The third-order valence-electron chi connectivity index (χ3n) is 13.0. The first-order valence-corrected chi connectivity index (χ1v) is 28.1. The quantitative estimate of drug-likeness (QED) is 0.0203. The average molecular weight is 1070 g/mol. The second kappa shape index (κ2) is 32.8. The Morgan fingerprint density at radius 2 is 0.537 bits per heavy atom. The van der Waals surface area contributed by atoms with E-state index < -0.39 is 23.9 Å². The van der Waals surface area contributed by atoms with E-state index in [1.807, 2.05) is 24.3 Å². The molecule has 10 heteroatoms. The van der Waals surface area contributed by atoms with Crippen LogP contribution < -0.4 is 28.4 Å². The summed E-state index contributed by atoms with van der Waals surface area (Å²) < 4.78 is 34.0. The van der Waals surface area contributed by atoms with E-state index in [9.17, 15) is 19.2 Å². The number of ether oxygens (including phenoxy) is 6. The molecule has 7 rings (SSSR count). The average Bonchev–Trinajstić information content (AvgIpc) is 3.49. The molecule has 0 radical (unpaired) electrons. The molecule has 0 bridgehead atoms. The SMILES string of the molecule is CCCCCCCCCCOc1ccc(C(=O)Oc2ccc(C(=O)Oc3ccc(C#Cc4cccc(C#Cc5ccc(OC(=O)c6ccc(OC(=O)c7ccc(OCCCCCCCCCC)cc7)cc6)cc5)c4)cc3)cc2)cc1. The van der Waals surface area contributed by atoms with Crippen LogP contribution >= 0.6 is 0 Å². The highest BCUT2D eigenvalue weighted by molar-refractivity contribution is 5.94. The number of carbonyl (C=O) groups excluding carboxylic acids is 4. The molecular formula is C70H70O10. The maximum Gasteiger partial charge on any atom is 0.343 e. The summed E-state index contributed by atoms with van der Waals surface area (Å²) in [6.07, 6.45) is 19.7. The first kappa shape index (κ1) is 58.8. The van der Waals surface area contributed by atoms with Crippen molar-refractivity contribution in [2.75, 3.05) is 13.2 Å². The molecule has 7 aromatic carbocycles. The molecular weight excluding hydrogens is 1000 g/mol. The lowest BCUT2D eigenvalue weighted by Gasteiger charge is -2.08. The second-order valence-corrected chi connectivity index (χ2v) is 19.4. The zero-order chi connectivity index (χ0) is 56.0. The molecule has 0 fully saturated rings. The molecule has 80 heavy (non-hydrogen) atoms. The number of carbonyl (C=O) groups is 4. The van der Waals surface area contributed by atoms with E-state index in [1.165, 1.54) is 77.0 Å². The summed E-state index contributed by atoms with van der Waals surface area (Å²) in [6, 6.07) is 47.5. The lowest BCUT2D eigenvalue weighted by atomic mass is 10.1. The van der Waals surface area contributed by atoms with Crippen LogP contribution in [0.2, 0.25) is 0 Å². The fourth-order valence-electron chi connectivity index (χ4n) is 8.38. The maximum absolute atomic E-state index is 12.9. The minimum Gasteiger partial charge on any atom is -0.494 e. The summed E-state index contributed by atoms with van der Waals surface area (Å²) in [6.45, 7) is 5.75. The van der Waals surface area contributed by atoms with Gasteiger partial charge in [-0.1, -0.05) is 133 Å². The third-order valence-corrected chi connectivity index (χ3v) is 13.0. The molecule has 0 atom stereocenters. The van der Waals surface area contributed by atoms with E-state index in [4.69, 9.17) is 28.4 Å². The molecule has 0 saturated heterocycles. The van der Waals surface area contributed by atoms with Gasteiger partial charge in [-0.05, 0) is 177 Å². The number of hydrogen-bond acceptors (Lipinski definition) is 10. The third kappa shape index (κ3) is 20.5. The summed E-state index contributed by atoms with van der Waals surface area (Å²) in [7, 11) is 0. The Labute approximate surface area is 471 Å². The van der Waals surface area contributed by atoms with Crippen LogP contribution in [0.4, 0.5) is 0 Å². The van der Waals surface area contributed by atoms with Gasteiger partial charge in [0.25, 0.3) is 0 Å². The van der Waals surface area contributed by atoms with Gasteiger partial charge in [0.1, 0.15) is 34.5 Å². The van der Waals surface area contributed by atoms with Crippen molar-refractivity contribution < 1.29 is 47.6 Å². The van der Waals surface area contributed by atoms with Gasteiger partial charge >= 0.3 is 23.9 Å². The van der Waals surface area contributed by atoms with E-state index in [0.717, 1.165) is 47.9 Å². The molecule has 0 aromatic heterocycles. The van der Waals surface area contributed by atoms with E-state index in [2.05, 4.69) is 37.5 Å². The van der Waals surface area contributed by atoms with Gasteiger partial charge in [0.2, 0.25) is 0 Å². The van der Waals surface area contributed by atoms with E-state index in [1.54, 1.807) is 146 Å². The van der Waals surface area contributed by atoms with Crippen molar-refractivity contribution in [3.63, 3.8) is 0 Å². The first-order valence-electron chi connectivity index (χ1n) is 28.1. The van der Waals surface area contributed by atoms with Crippen molar-refractivity contribution in [1.29, 1.82) is 0 Å². The zero-order valence-electron chi connectivity index (χ0n) is 46.0. The predicted molar refractivity (Wildman–Crippen MR) is 313 cm³/mol. The summed E-state index contributed by atoms with van der Waals surface area (Å²) in [5.74, 6) is 13.2. The van der Waals surface area contributed by atoms with Crippen LogP contribution in [0.1, 0.15) is 180 Å². The molecule has 0 spiro atoms. The summed E-state index contributed by atoms with van der Waals surface area (Å²) in [5.41, 5.74) is 4.34. The van der Waals surface area contributed by atoms with Crippen LogP contribution in [0, 0.1) is 23.7 Å². The highest BCUT2D eigenvalue weighted by atomic mass is 16.5. The summed E-state index contributed by atoms with van der Waals surface area (Å²) in [4.78, 5) is 51.5. The number of hydrogen-bond donors (Lipinski definition) is 0. The maximum atomic E-state index is 12.9. The van der Waals surface area contributed by atoms with E-state index >= 15 is 0 Å². The van der Waals surface area contributed by atoms with Gasteiger partial charge in [-0.15, -0.1) is 0 Å². The summed E-state index contributed by atoms with van der Waals surface area (Å²) in [5, 5.41) is 0. The van der Waals surface area contributed by atoms with Crippen LogP contribution in [0.3, 0.4) is 0 Å². The Morgan fingerprint density at radius 1 is 0.287 bits per heavy atom. The Bertz CT molecular complexity index is 2960. The number of unbranched alkanes of at least 4 members (excludes halogenated alkanes) is 14. The molecule has 0 saturated carbocycles. The second-order valence-electron chi connectivity index (χ2n) is 19.4. The Hall–Kier alpha value is -8.86. The number of rotatable bonds is 28. The van der Waals surface area contributed by atoms with Crippen molar-refractivity contribution in [2.45, 2.75) is 117 Å². The van der Waals surface area contributed by atoms with Crippen LogP contribution in [0.15, 0.2) is 170 Å². The minimum atomic E-state index is -0.560. The predicted octanol–water partition coefficient (Wildman–Crippen LogP) is 16.4. The number of benzene rings is 7. The molecule has 0 unspecified atom stereocenters. The van der Waals surface area contributed by atoms with Crippen LogP contribution in [0.25, 0.3) is 0 Å². The Morgan fingerprint density at radius 3 is 0.838 bits per heavy atom. The standard InChI is InChI=1S/C70H70O10/c1-3-5-7-9-11-13-15-17-50-75-61-42-30-57(31-43-61)67(71)79-65-46-34-59(35-47-65)69(73)77-63-38-26-53(27-39-63)22-24-55-20-19-21-56(52-55)25-23-54-28-40-64(41-29-54)78-70(74)60-36-48-66(49-37-60)80-68(72)58-32-44-62(45-33-58)76-51-18-16-14-12-10-8-6-4-2/h19-21,26-49,52H,3-18,50-51H2,1-2H3. The molecule has 0 aliphatic rings. The highest BCUT2D eigenvalue weighted by Gasteiger charge is 2.15. The van der Waals surface area contributed by atoms with Crippen LogP contribution in [-0.4, -0.2) is 37.1 Å². The van der Waals surface area contributed by atoms with E-state index in [-0.39, 0.29) is 0 Å². The van der Waals surface area contributed by atoms with Crippen LogP contribution in [0.5, 0.6) is 34.5 Å². The Kier molecular flexibility index (Phi) is 24.1. The summed E-state index contributed by atoms with van der Waals surface area (Å²) >= 11 is 0. The van der Waals surface area contributed by atoms with Gasteiger partial charge in [0.05, 0.1) is 35.5 Å². The molecule has 0 amide bonds. The largest absolute Gasteiger partial charge is 0.494 e. The van der Waals surface area contributed by atoms with Crippen molar-refractivity contribution >= 4 is 23.9 Å². The fourth-order valence-corrected chi connectivity index (χ4v) is 8.38. The molecule has 0 heterocycles. The van der Waals surface area contributed by atoms with Crippen molar-refractivity contribution in [1.82, 2.24) is 0 Å². The van der Waals surface area contributed by atoms with Gasteiger partial charge in [-0.3, -0.25) is 0 Å². The van der Waals surface area contributed by atoms with Crippen molar-refractivity contribution in [3.05, 3.63) is 214 Å². The molecule has 410 valence electrons. The zero-order valence-corrected chi connectivity index (χ0v) is 46.0. The van der Waals surface area contributed by atoms with Crippen LogP contribution in [-0.2, 0) is 0 Å². The van der Waals surface area contributed by atoms with Gasteiger partial charge in [-0.25, -0.2) is 19.2 Å². The lowest BCUT2D eigenvalue weighted by Crippen LogP contribution is -2.10. The normalized spacial score (nSPS) is 10.5. The van der Waals surface area contributed by atoms with Gasteiger partial charge < -0.3 is 28.4 Å². The topological polar surface area (TPSA) is 124 Å². The molecule has 0 N–H and O–H groups in total. The minimum absolute atomic E-state index is 0.294. The monoisotopic (exact) mass is 1070 g/mol. The Balaban J connectivity index is 0.798. The van der Waals surface area contributed by atoms with E-state index in [0.29, 0.717) is 70.0 Å². The molecule has 7 aromatic rings. The van der Waals surface area contributed by atoms with Gasteiger partial charge in [0.15, 0.2) is 0 Å². The lowest BCUT2D eigenvalue weighted by molar-refractivity contribution is 0.0720. The molecule has 0 aliphatic carbocycles.